The van der Waals surface area contributed by atoms with Crippen LogP contribution >= 0.6 is 0 Å². The van der Waals surface area contributed by atoms with Gasteiger partial charge in [-0.1, -0.05) is 6.92 Å². The Kier molecular flexibility index (Phi) is 3.21. The molecule has 2 aromatic heterocycles. The summed E-state index contributed by atoms with van der Waals surface area (Å²) in [7, 11) is 1.94. The molecule has 20 heavy (non-hydrogen) atoms. The summed E-state index contributed by atoms with van der Waals surface area (Å²) < 4.78 is 1.92. The van der Waals surface area contributed by atoms with Crippen LogP contribution in [-0.2, 0) is 7.05 Å². The minimum absolute atomic E-state index is 0.262. The Morgan fingerprint density at radius 2 is 2.15 bits per heavy atom. The summed E-state index contributed by atoms with van der Waals surface area (Å²) in [5.41, 5.74) is 7.04. The zero-order valence-corrected chi connectivity index (χ0v) is 12.0. The number of aromatic nitrogens is 5. The lowest BCUT2D eigenvalue weighted by Gasteiger charge is -2.38. The van der Waals surface area contributed by atoms with Gasteiger partial charge in [-0.2, -0.15) is 4.98 Å². The normalized spacial score (nSPS) is 18.4. The Morgan fingerprint density at radius 3 is 2.75 bits per heavy atom. The standard InChI is InChI=1S/C13H21N7/c1-13(8-14)3-5-20(6-4-13)12-16-11(17-18-12)10-7-15-9-19(10)2/h7,9H,3-6,8,14H2,1-2H3,(H,16,17,18). The molecule has 3 rings (SSSR count). The predicted molar refractivity (Wildman–Crippen MR) is 77.2 cm³/mol. The Morgan fingerprint density at radius 1 is 1.40 bits per heavy atom. The molecule has 1 aliphatic rings. The van der Waals surface area contributed by atoms with E-state index in [1.807, 2.05) is 11.6 Å². The number of rotatable bonds is 3. The van der Waals surface area contributed by atoms with Gasteiger partial charge in [0.1, 0.15) is 5.69 Å². The maximum Gasteiger partial charge on any atom is 0.245 e. The first-order valence-corrected chi connectivity index (χ1v) is 6.95. The van der Waals surface area contributed by atoms with E-state index in [0.29, 0.717) is 0 Å². The minimum Gasteiger partial charge on any atom is -0.339 e. The second-order valence-corrected chi connectivity index (χ2v) is 5.88. The molecule has 0 bridgehead atoms. The number of hydrogen-bond donors (Lipinski definition) is 2. The Bertz CT molecular complexity index is 577. The number of nitrogens with two attached hydrogens (primary N) is 1. The van der Waals surface area contributed by atoms with Crippen molar-refractivity contribution in [3.63, 3.8) is 0 Å². The molecule has 0 aliphatic carbocycles. The number of H-pyrrole nitrogens is 1. The molecule has 108 valence electrons. The summed E-state index contributed by atoms with van der Waals surface area (Å²) in [4.78, 5) is 10.9. The van der Waals surface area contributed by atoms with Gasteiger partial charge in [0.15, 0.2) is 5.82 Å². The van der Waals surface area contributed by atoms with Gasteiger partial charge in [0.25, 0.3) is 0 Å². The van der Waals surface area contributed by atoms with Gasteiger partial charge in [-0.15, -0.1) is 5.10 Å². The van der Waals surface area contributed by atoms with E-state index in [9.17, 15) is 0 Å². The highest BCUT2D eigenvalue weighted by molar-refractivity contribution is 5.50. The van der Waals surface area contributed by atoms with Crippen LogP contribution in [0.15, 0.2) is 12.5 Å². The lowest BCUT2D eigenvalue weighted by Crippen LogP contribution is -2.42. The average molecular weight is 275 g/mol. The van der Waals surface area contributed by atoms with Crippen molar-refractivity contribution in [2.75, 3.05) is 24.5 Å². The van der Waals surface area contributed by atoms with Crippen LogP contribution < -0.4 is 10.6 Å². The number of nitrogens with zero attached hydrogens (tertiary/aromatic N) is 5. The van der Waals surface area contributed by atoms with Crippen molar-refractivity contribution in [1.82, 2.24) is 24.7 Å². The molecule has 0 aromatic carbocycles. The second kappa shape index (κ2) is 4.90. The highest BCUT2D eigenvalue weighted by Crippen LogP contribution is 2.31. The number of nitrogens with one attached hydrogen (secondary N) is 1. The smallest absolute Gasteiger partial charge is 0.245 e. The maximum atomic E-state index is 5.84. The maximum absolute atomic E-state index is 5.84. The summed E-state index contributed by atoms with van der Waals surface area (Å²) in [5.74, 6) is 1.52. The molecule has 1 aliphatic heterocycles. The number of hydrogen-bond acceptors (Lipinski definition) is 5. The van der Waals surface area contributed by atoms with Gasteiger partial charge < -0.3 is 15.2 Å². The van der Waals surface area contributed by atoms with Crippen LogP contribution in [0.2, 0.25) is 0 Å². The van der Waals surface area contributed by atoms with Gasteiger partial charge >= 0.3 is 0 Å². The molecule has 0 saturated carbocycles. The van der Waals surface area contributed by atoms with Crippen LogP contribution in [-0.4, -0.2) is 44.4 Å². The minimum atomic E-state index is 0.262. The molecule has 0 spiro atoms. The summed E-state index contributed by atoms with van der Waals surface area (Å²) >= 11 is 0. The molecule has 7 nitrogen and oxygen atoms in total. The molecule has 0 radical (unpaired) electrons. The molecule has 1 saturated heterocycles. The monoisotopic (exact) mass is 275 g/mol. The van der Waals surface area contributed by atoms with Crippen LogP contribution in [0.25, 0.3) is 11.5 Å². The molecule has 0 atom stereocenters. The van der Waals surface area contributed by atoms with E-state index in [1.165, 1.54) is 0 Å². The molecule has 7 heteroatoms. The van der Waals surface area contributed by atoms with Gasteiger partial charge in [0.2, 0.25) is 5.95 Å². The van der Waals surface area contributed by atoms with Crippen LogP contribution in [0.3, 0.4) is 0 Å². The van der Waals surface area contributed by atoms with E-state index in [1.54, 1.807) is 12.5 Å². The zero-order chi connectivity index (χ0) is 14.2. The predicted octanol–water partition coefficient (Wildman–Crippen LogP) is 0.770. The summed E-state index contributed by atoms with van der Waals surface area (Å²) in [6.07, 6.45) is 5.70. The van der Waals surface area contributed by atoms with Gasteiger partial charge in [-0.05, 0) is 24.8 Å². The highest BCUT2D eigenvalue weighted by Gasteiger charge is 2.30. The van der Waals surface area contributed by atoms with E-state index in [-0.39, 0.29) is 5.41 Å². The van der Waals surface area contributed by atoms with Crippen LogP contribution in [0, 0.1) is 5.41 Å². The average Bonchev–Trinajstić information content (AvgIpc) is 3.08. The van der Waals surface area contributed by atoms with Crippen molar-refractivity contribution in [2.24, 2.45) is 18.2 Å². The lowest BCUT2D eigenvalue weighted by atomic mass is 9.81. The fourth-order valence-corrected chi connectivity index (χ4v) is 2.54. The largest absolute Gasteiger partial charge is 0.339 e. The quantitative estimate of drug-likeness (QED) is 0.863. The van der Waals surface area contributed by atoms with E-state index < -0.39 is 0 Å². The van der Waals surface area contributed by atoms with Crippen molar-refractivity contribution in [2.45, 2.75) is 19.8 Å². The van der Waals surface area contributed by atoms with Crippen molar-refractivity contribution < 1.29 is 0 Å². The number of piperidine rings is 1. The van der Waals surface area contributed by atoms with Crippen molar-refractivity contribution in [3.05, 3.63) is 12.5 Å². The fourth-order valence-electron chi connectivity index (χ4n) is 2.54. The third kappa shape index (κ3) is 2.29. The molecule has 3 heterocycles. The van der Waals surface area contributed by atoms with Crippen molar-refractivity contribution in [1.29, 1.82) is 0 Å². The molecule has 0 amide bonds. The molecule has 0 unspecified atom stereocenters. The van der Waals surface area contributed by atoms with E-state index in [0.717, 1.165) is 49.9 Å². The lowest BCUT2D eigenvalue weighted by molar-refractivity contribution is 0.257. The van der Waals surface area contributed by atoms with Gasteiger partial charge in [0, 0.05) is 20.1 Å². The SMILES string of the molecule is Cn1cncc1-c1nc(N2CCC(C)(CN)CC2)n[nH]1. The number of anilines is 1. The topological polar surface area (TPSA) is 88.7 Å². The third-order valence-electron chi connectivity index (χ3n) is 4.28. The number of imidazole rings is 1. The number of aryl methyl sites for hydroxylation is 1. The molecule has 1 fully saturated rings. The molecule has 2 aromatic rings. The first-order chi connectivity index (χ1) is 9.61. The van der Waals surface area contributed by atoms with Gasteiger partial charge in [-0.3, -0.25) is 5.10 Å². The first-order valence-electron chi connectivity index (χ1n) is 6.95. The third-order valence-corrected chi connectivity index (χ3v) is 4.28. The van der Waals surface area contributed by atoms with Gasteiger partial charge in [0.05, 0.1) is 12.5 Å². The van der Waals surface area contributed by atoms with E-state index >= 15 is 0 Å². The summed E-state index contributed by atoms with van der Waals surface area (Å²) in [5, 5.41) is 7.32. The van der Waals surface area contributed by atoms with Gasteiger partial charge in [-0.25, -0.2) is 4.98 Å². The second-order valence-electron chi connectivity index (χ2n) is 5.88. The van der Waals surface area contributed by atoms with Crippen LogP contribution in [0.5, 0.6) is 0 Å². The van der Waals surface area contributed by atoms with Crippen LogP contribution in [0.4, 0.5) is 5.95 Å². The Labute approximate surface area is 118 Å². The molecule has 3 N–H and O–H groups in total. The Balaban J connectivity index is 1.74. The molecular weight excluding hydrogens is 254 g/mol. The first kappa shape index (κ1) is 13.1. The number of aromatic amines is 1. The Hall–Kier alpha value is -1.89. The van der Waals surface area contributed by atoms with Crippen molar-refractivity contribution >= 4 is 5.95 Å². The fraction of sp³-hybridized carbons (Fsp3) is 0.615. The van der Waals surface area contributed by atoms with E-state index in [4.69, 9.17) is 5.73 Å². The summed E-state index contributed by atoms with van der Waals surface area (Å²) in [6.45, 7) is 4.91. The zero-order valence-electron chi connectivity index (χ0n) is 12.0. The molecular formula is C13H21N7. The van der Waals surface area contributed by atoms with Crippen molar-refractivity contribution in [3.8, 4) is 11.5 Å². The summed E-state index contributed by atoms with van der Waals surface area (Å²) in [6, 6.07) is 0. The highest BCUT2D eigenvalue weighted by atomic mass is 15.4. The van der Waals surface area contributed by atoms with Crippen LogP contribution in [0.1, 0.15) is 19.8 Å². The van der Waals surface area contributed by atoms with E-state index in [2.05, 4.69) is 32.0 Å².